The van der Waals surface area contributed by atoms with Crippen LogP contribution in [0.1, 0.15) is 17.7 Å². The summed E-state index contributed by atoms with van der Waals surface area (Å²) < 4.78 is 5.38. The summed E-state index contributed by atoms with van der Waals surface area (Å²) in [6.07, 6.45) is 3.30. The lowest BCUT2D eigenvalue weighted by atomic mass is 10.2. The first-order chi connectivity index (χ1) is 7.74. The Balaban J connectivity index is 2.22. The predicted molar refractivity (Wildman–Crippen MR) is 66.2 cm³/mol. The molecule has 16 heavy (non-hydrogen) atoms. The minimum absolute atomic E-state index is 0.344. The Kier molecular flexibility index (Phi) is 3.66. The molecule has 0 aromatic carbocycles. The van der Waals surface area contributed by atoms with Gasteiger partial charge in [0.25, 0.3) is 0 Å². The van der Waals surface area contributed by atoms with E-state index < -0.39 is 0 Å². The Morgan fingerprint density at radius 1 is 1.62 bits per heavy atom. The number of ether oxygens (including phenoxy) is 1. The van der Waals surface area contributed by atoms with E-state index in [9.17, 15) is 0 Å². The van der Waals surface area contributed by atoms with E-state index in [0.717, 1.165) is 30.8 Å². The third kappa shape index (κ3) is 2.30. The van der Waals surface area contributed by atoms with E-state index in [1.165, 1.54) is 5.69 Å². The van der Waals surface area contributed by atoms with Gasteiger partial charge in [0.05, 0.1) is 12.0 Å². The lowest BCUT2D eigenvalue weighted by Crippen LogP contribution is -2.23. The van der Waals surface area contributed by atoms with E-state index in [1.54, 1.807) is 7.11 Å². The number of hydrogen-bond donors (Lipinski definition) is 0. The monoisotopic (exact) mass is 240 g/mol. The predicted octanol–water partition coefficient (Wildman–Crippen LogP) is 2.35. The number of aryl methyl sites for hydroxylation is 1. The summed E-state index contributed by atoms with van der Waals surface area (Å²) in [6, 6.07) is 2.11. The second-order valence-corrected chi connectivity index (χ2v) is 4.45. The number of halogens is 1. The van der Waals surface area contributed by atoms with Crippen LogP contribution in [0.25, 0.3) is 0 Å². The van der Waals surface area contributed by atoms with Crippen molar-refractivity contribution < 1.29 is 4.74 Å². The number of pyridine rings is 1. The number of anilines is 1. The fraction of sp³-hybridized carbons (Fsp3) is 0.583. The molecule has 1 aliphatic rings. The van der Waals surface area contributed by atoms with Gasteiger partial charge in [-0.05, 0) is 19.4 Å². The Hall–Kier alpha value is -0.800. The van der Waals surface area contributed by atoms with Crippen LogP contribution in [0.2, 0.25) is 0 Å². The molecular weight excluding hydrogens is 224 g/mol. The van der Waals surface area contributed by atoms with Crippen molar-refractivity contribution in [2.75, 3.05) is 25.1 Å². The normalized spacial score (nSPS) is 20.4. The molecule has 1 saturated heterocycles. The third-order valence-corrected chi connectivity index (χ3v) is 3.35. The molecule has 0 spiro atoms. The Morgan fingerprint density at radius 3 is 3.06 bits per heavy atom. The molecule has 3 nitrogen and oxygen atoms in total. The van der Waals surface area contributed by atoms with Crippen LogP contribution in [-0.2, 0) is 10.6 Å². The van der Waals surface area contributed by atoms with Crippen LogP contribution in [0.3, 0.4) is 0 Å². The molecule has 2 heterocycles. The van der Waals surface area contributed by atoms with Gasteiger partial charge in [0, 0.05) is 43.3 Å². The smallest absolute Gasteiger partial charge is 0.0762 e. The number of alkyl halides is 1. The maximum atomic E-state index is 5.94. The second kappa shape index (κ2) is 5.02. The molecule has 1 unspecified atom stereocenters. The van der Waals surface area contributed by atoms with Crippen LogP contribution in [-0.4, -0.2) is 31.3 Å². The van der Waals surface area contributed by atoms with Gasteiger partial charge in [-0.15, -0.1) is 11.6 Å². The Bertz CT molecular complexity index is 370. The standard InChI is InChI=1S/C12H17ClN2O/c1-9-5-12(10(6-13)7-14-9)15-4-3-11(8-15)16-2/h5,7,11H,3-4,6,8H2,1-2H3. The molecule has 0 bridgehead atoms. The van der Waals surface area contributed by atoms with Crippen LogP contribution < -0.4 is 4.90 Å². The van der Waals surface area contributed by atoms with Crippen LogP contribution in [0.4, 0.5) is 5.69 Å². The lowest BCUT2D eigenvalue weighted by Gasteiger charge is -2.21. The van der Waals surface area contributed by atoms with E-state index in [1.807, 2.05) is 13.1 Å². The van der Waals surface area contributed by atoms with Gasteiger partial charge in [-0.25, -0.2) is 0 Å². The van der Waals surface area contributed by atoms with Crippen molar-refractivity contribution in [3.8, 4) is 0 Å². The van der Waals surface area contributed by atoms with Crippen LogP contribution in [0.5, 0.6) is 0 Å². The zero-order valence-corrected chi connectivity index (χ0v) is 10.5. The maximum absolute atomic E-state index is 5.94. The summed E-state index contributed by atoms with van der Waals surface area (Å²) in [5.41, 5.74) is 3.34. The van der Waals surface area contributed by atoms with Crippen molar-refractivity contribution in [2.45, 2.75) is 25.3 Å². The molecular formula is C12H17ClN2O. The summed E-state index contributed by atoms with van der Waals surface area (Å²) >= 11 is 5.94. The van der Waals surface area contributed by atoms with Crippen molar-refractivity contribution in [2.24, 2.45) is 0 Å². The highest BCUT2D eigenvalue weighted by atomic mass is 35.5. The molecule has 0 aliphatic carbocycles. The van der Waals surface area contributed by atoms with E-state index in [-0.39, 0.29) is 0 Å². The number of hydrogen-bond acceptors (Lipinski definition) is 3. The molecule has 0 N–H and O–H groups in total. The third-order valence-electron chi connectivity index (χ3n) is 3.06. The molecule has 2 rings (SSSR count). The molecule has 0 saturated carbocycles. The molecule has 1 aromatic rings. The van der Waals surface area contributed by atoms with E-state index in [0.29, 0.717) is 12.0 Å². The van der Waals surface area contributed by atoms with Gasteiger partial charge in [0.15, 0.2) is 0 Å². The van der Waals surface area contributed by atoms with Crippen LogP contribution in [0, 0.1) is 6.92 Å². The molecule has 1 aliphatic heterocycles. The highest BCUT2D eigenvalue weighted by Gasteiger charge is 2.23. The van der Waals surface area contributed by atoms with Crippen LogP contribution >= 0.6 is 11.6 Å². The van der Waals surface area contributed by atoms with Gasteiger partial charge < -0.3 is 9.64 Å². The van der Waals surface area contributed by atoms with Gasteiger partial charge in [-0.2, -0.15) is 0 Å². The van der Waals surface area contributed by atoms with E-state index in [4.69, 9.17) is 16.3 Å². The first kappa shape index (κ1) is 11.7. The molecule has 1 atom stereocenters. The number of aromatic nitrogens is 1. The van der Waals surface area contributed by atoms with Crippen molar-refractivity contribution in [1.82, 2.24) is 4.98 Å². The van der Waals surface area contributed by atoms with Crippen LogP contribution in [0.15, 0.2) is 12.3 Å². The summed E-state index contributed by atoms with van der Waals surface area (Å²) in [4.78, 5) is 6.61. The first-order valence-corrected chi connectivity index (χ1v) is 6.07. The van der Waals surface area contributed by atoms with Crippen molar-refractivity contribution >= 4 is 17.3 Å². The van der Waals surface area contributed by atoms with Crippen molar-refractivity contribution in [3.63, 3.8) is 0 Å². The number of nitrogens with zero attached hydrogens (tertiary/aromatic N) is 2. The molecule has 1 fully saturated rings. The van der Waals surface area contributed by atoms with Gasteiger partial charge >= 0.3 is 0 Å². The number of rotatable bonds is 3. The second-order valence-electron chi connectivity index (χ2n) is 4.18. The molecule has 1 aromatic heterocycles. The van der Waals surface area contributed by atoms with Gasteiger partial charge in [-0.1, -0.05) is 0 Å². The SMILES string of the molecule is COC1CCN(c2cc(C)ncc2CCl)C1. The minimum Gasteiger partial charge on any atom is -0.380 e. The summed E-state index contributed by atoms with van der Waals surface area (Å²) in [6.45, 7) is 3.99. The van der Waals surface area contributed by atoms with Gasteiger partial charge in [-0.3, -0.25) is 4.98 Å². The molecule has 88 valence electrons. The Morgan fingerprint density at radius 2 is 2.44 bits per heavy atom. The Labute approximate surface area is 101 Å². The zero-order chi connectivity index (χ0) is 11.5. The molecule has 0 radical (unpaired) electrons. The fourth-order valence-electron chi connectivity index (χ4n) is 2.11. The van der Waals surface area contributed by atoms with Crippen molar-refractivity contribution in [1.29, 1.82) is 0 Å². The minimum atomic E-state index is 0.344. The largest absolute Gasteiger partial charge is 0.380 e. The summed E-state index contributed by atoms with van der Waals surface area (Å²) in [5, 5.41) is 0. The van der Waals surface area contributed by atoms with Crippen molar-refractivity contribution in [3.05, 3.63) is 23.5 Å². The fourth-order valence-corrected chi connectivity index (χ4v) is 2.32. The highest BCUT2D eigenvalue weighted by Crippen LogP contribution is 2.26. The van der Waals surface area contributed by atoms with E-state index >= 15 is 0 Å². The summed E-state index contributed by atoms with van der Waals surface area (Å²) in [5.74, 6) is 0.511. The number of methoxy groups -OCH3 is 1. The maximum Gasteiger partial charge on any atom is 0.0762 e. The quantitative estimate of drug-likeness (QED) is 0.759. The van der Waals surface area contributed by atoms with E-state index in [2.05, 4.69) is 16.0 Å². The highest BCUT2D eigenvalue weighted by molar-refractivity contribution is 6.17. The zero-order valence-electron chi connectivity index (χ0n) is 9.74. The topological polar surface area (TPSA) is 25.4 Å². The average molecular weight is 241 g/mol. The first-order valence-electron chi connectivity index (χ1n) is 5.54. The summed E-state index contributed by atoms with van der Waals surface area (Å²) in [7, 11) is 1.77. The average Bonchev–Trinajstić information content (AvgIpc) is 2.77. The lowest BCUT2D eigenvalue weighted by molar-refractivity contribution is 0.121. The molecule has 4 heteroatoms. The molecule has 0 amide bonds. The van der Waals surface area contributed by atoms with Gasteiger partial charge in [0.1, 0.15) is 0 Å². The van der Waals surface area contributed by atoms with Gasteiger partial charge in [0.2, 0.25) is 0 Å².